The molecule has 0 aliphatic rings. The average molecular weight is 265 g/mol. The number of rotatable bonds is 4. The Labute approximate surface area is 110 Å². The summed E-state index contributed by atoms with van der Waals surface area (Å²) in [7, 11) is 0. The van der Waals surface area contributed by atoms with E-state index in [2.05, 4.69) is 11.4 Å². The van der Waals surface area contributed by atoms with Crippen LogP contribution in [0.5, 0.6) is 0 Å². The molecule has 0 aliphatic carbocycles. The molecule has 0 fully saturated rings. The number of carbonyl (C=O) groups excluding carboxylic acids is 1. The van der Waals surface area contributed by atoms with Crippen molar-refractivity contribution in [2.24, 2.45) is 0 Å². The number of ketones is 1. The first-order valence-electron chi connectivity index (χ1n) is 5.48. The van der Waals surface area contributed by atoms with E-state index in [1.165, 1.54) is 5.56 Å². The van der Waals surface area contributed by atoms with Crippen LogP contribution < -0.4 is 0 Å². The van der Waals surface area contributed by atoms with Gasteiger partial charge in [0.05, 0.1) is 0 Å². The van der Waals surface area contributed by atoms with Crippen molar-refractivity contribution < 1.29 is 4.79 Å². The van der Waals surface area contributed by atoms with Crippen molar-refractivity contribution in [3.8, 4) is 0 Å². The van der Waals surface area contributed by atoms with Crippen LogP contribution in [-0.4, -0.2) is 5.78 Å². The molecule has 1 aromatic heterocycles. The predicted octanol–water partition coefficient (Wildman–Crippen LogP) is 4.53. The summed E-state index contributed by atoms with van der Waals surface area (Å²) in [4.78, 5) is 12.1. The van der Waals surface area contributed by atoms with Crippen molar-refractivity contribution in [1.29, 1.82) is 0 Å². The fraction of sp³-hybridized carbons (Fsp3) is 0.214. The van der Waals surface area contributed by atoms with E-state index >= 15 is 0 Å². The normalized spacial score (nSPS) is 10.5. The Morgan fingerprint density at radius 1 is 1.35 bits per heavy atom. The van der Waals surface area contributed by atoms with Crippen LogP contribution in [0.15, 0.2) is 35.0 Å². The zero-order chi connectivity index (χ0) is 12.3. The molecule has 1 heterocycles. The minimum atomic E-state index is 0.163. The molecule has 1 nitrogen and oxygen atoms in total. The van der Waals surface area contributed by atoms with Crippen LogP contribution in [0.2, 0.25) is 5.02 Å². The van der Waals surface area contributed by atoms with Crippen LogP contribution in [0.1, 0.15) is 27.9 Å². The Bertz CT molecular complexity index is 517. The molecule has 0 saturated heterocycles. The summed E-state index contributed by atoms with van der Waals surface area (Å²) >= 11 is 7.67. The minimum absolute atomic E-state index is 0.163. The van der Waals surface area contributed by atoms with Gasteiger partial charge in [0.1, 0.15) is 0 Å². The van der Waals surface area contributed by atoms with Gasteiger partial charge < -0.3 is 0 Å². The molecule has 17 heavy (non-hydrogen) atoms. The molecule has 1 aromatic carbocycles. The van der Waals surface area contributed by atoms with Gasteiger partial charge in [0.25, 0.3) is 0 Å². The number of carbonyl (C=O) groups is 1. The van der Waals surface area contributed by atoms with E-state index in [0.717, 1.165) is 17.5 Å². The third-order valence-corrected chi connectivity index (χ3v) is 3.93. The molecule has 0 spiro atoms. The molecule has 0 atom stereocenters. The van der Waals surface area contributed by atoms with E-state index < -0.39 is 0 Å². The van der Waals surface area contributed by atoms with E-state index in [1.807, 2.05) is 30.5 Å². The Hall–Kier alpha value is -1.12. The summed E-state index contributed by atoms with van der Waals surface area (Å²) in [5.74, 6) is 0.163. The van der Waals surface area contributed by atoms with Crippen molar-refractivity contribution in [3.63, 3.8) is 0 Å². The molecule has 0 saturated carbocycles. The van der Waals surface area contributed by atoms with Gasteiger partial charge >= 0.3 is 0 Å². The predicted molar refractivity (Wildman–Crippen MR) is 73.2 cm³/mol. The molecular weight excluding hydrogens is 252 g/mol. The molecule has 0 amide bonds. The minimum Gasteiger partial charge on any atom is -0.294 e. The molecule has 0 aliphatic heterocycles. The van der Waals surface area contributed by atoms with Crippen molar-refractivity contribution in [2.45, 2.75) is 19.8 Å². The maximum atomic E-state index is 12.1. The van der Waals surface area contributed by atoms with Crippen molar-refractivity contribution in [3.05, 3.63) is 56.7 Å². The van der Waals surface area contributed by atoms with Crippen LogP contribution in [0.25, 0.3) is 0 Å². The fourth-order valence-corrected chi connectivity index (χ4v) is 2.61. The van der Waals surface area contributed by atoms with E-state index in [0.29, 0.717) is 11.4 Å². The number of hydrogen-bond donors (Lipinski definition) is 0. The van der Waals surface area contributed by atoms with Crippen molar-refractivity contribution in [1.82, 2.24) is 0 Å². The molecule has 0 bridgehead atoms. The number of benzene rings is 1. The highest BCUT2D eigenvalue weighted by molar-refractivity contribution is 7.07. The van der Waals surface area contributed by atoms with Crippen molar-refractivity contribution >= 4 is 28.7 Å². The summed E-state index contributed by atoms with van der Waals surface area (Å²) < 4.78 is 0. The highest BCUT2D eigenvalue weighted by Crippen LogP contribution is 2.20. The van der Waals surface area contributed by atoms with E-state index in [-0.39, 0.29) is 5.78 Å². The van der Waals surface area contributed by atoms with Gasteiger partial charge in [0.2, 0.25) is 0 Å². The monoisotopic (exact) mass is 264 g/mol. The summed E-state index contributed by atoms with van der Waals surface area (Å²) in [6, 6.07) is 7.54. The number of aryl methyl sites for hydroxylation is 1. The largest absolute Gasteiger partial charge is 0.294 e. The second-order valence-electron chi connectivity index (χ2n) is 3.97. The molecule has 0 unspecified atom stereocenters. The van der Waals surface area contributed by atoms with Crippen LogP contribution in [0.4, 0.5) is 0 Å². The highest BCUT2D eigenvalue weighted by atomic mass is 35.5. The van der Waals surface area contributed by atoms with E-state index in [9.17, 15) is 4.79 Å². The zero-order valence-corrected chi connectivity index (χ0v) is 11.1. The fourth-order valence-electron chi connectivity index (χ4n) is 1.74. The van der Waals surface area contributed by atoms with Crippen LogP contribution >= 0.6 is 22.9 Å². The second-order valence-corrected chi connectivity index (χ2v) is 5.15. The average Bonchev–Trinajstić information content (AvgIpc) is 2.82. The van der Waals surface area contributed by atoms with Crippen LogP contribution in [0, 0.1) is 6.92 Å². The highest BCUT2D eigenvalue weighted by Gasteiger charge is 2.10. The first-order valence-corrected chi connectivity index (χ1v) is 6.80. The summed E-state index contributed by atoms with van der Waals surface area (Å²) in [5.41, 5.74) is 2.85. The lowest BCUT2D eigenvalue weighted by molar-refractivity contribution is 0.0982. The lowest BCUT2D eigenvalue weighted by Gasteiger charge is -2.05. The SMILES string of the molecule is Cc1c(Cl)cccc1C(=O)CCc1ccsc1. The molecule has 2 rings (SSSR count). The third kappa shape index (κ3) is 2.96. The van der Waals surface area contributed by atoms with Crippen LogP contribution in [-0.2, 0) is 6.42 Å². The smallest absolute Gasteiger partial charge is 0.163 e. The molecule has 0 radical (unpaired) electrons. The van der Waals surface area contributed by atoms with Gasteiger partial charge in [-0.2, -0.15) is 11.3 Å². The summed E-state index contributed by atoms with van der Waals surface area (Å²) in [6.45, 7) is 1.89. The number of thiophene rings is 1. The molecule has 3 heteroatoms. The lowest BCUT2D eigenvalue weighted by Crippen LogP contribution is -2.03. The third-order valence-electron chi connectivity index (χ3n) is 2.79. The van der Waals surface area contributed by atoms with Gasteiger partial charge in [0.15, 0.2) is 5.78 Å². The number of halogens is 1. The zero-order valence-electron chi connectivity index (χ0n) is 9.57. The Morgan fingerprint density at radius 3 is 2.88 bits per heavy atom. The van der Waals surface area contributed by atoms with E-state index in [1.54, 1.807) is 11.3 Å². The van der Waals surface area contributed by atoms with Gasteiger partial charge in [-0.05, 0) is 47.4 Å². The molecule has 2 aromatic rings. The second kappa shape index (κ2) is 5.48. The maximum Gasteiger partial charge on any atom is 0.163 e. The molecule has 0 N–H and O–H groups in total. The molecule has 88 valence electrons. The standard InChI is InChI=1S/C14H13ClOS/c1-10-12(3-2-4-13(10)15)14(16)6-5-11-7-8-17-9-11/h2-4,7-9H,5-6H2,1H3. The quantitative estimate of drug-likeness (QED) is 0.742. The van der Waals surface area contributed by atoms with Gasteiger partial charge in [-0.3, -0.25) is 4.79 Å². The van der Waals surface area contributed by atoms with Gasteiger partial charge in [-0.1, -0.05) is 23.7 Å². The van der Waals surface area contributed by atoms with Crippen molar-refractivity contribution in [2.75, 3.05) is 0 Å². The Morgan fingerprint density at radius 2 is 2.18 bits per heavy atom. The number of Topliss-reactive ketones (excluding diaryl/α,β-unsaturated/α-hetero) is 1. The maximum absolute atomic E-state index is 12.1. The van der Waals surface area contributed by atoms with Gasteiger partial charge in [-0.15, -0.1) is 0 Å². The van der Waals surface area contributed by atoms with Crippen LogP contribution in [0.3, 0.4) is 0 Å². The number of hydrogen-bond acceptors (Lipinski definition) is 2. The topological polar surface area (TPSA) is 17.1 Å². The Kier molecular flexibility index (Phi) is 3.97. The first kappa shape index (κ1) is 12.3. The first-order chi connectivity index (χ1) is 8.18. The summed E-state index contributed by atoms with van der Waals surface area (Å²) in [6.07, 6.45) is 1.34. The summed E-state index contributed by atoms with van der Waals surface area (Å²) in [5, 5.41) is 4.77. The lowest BCUT2D eigenvalue weighted by atomic mass is 10.0. The van der Waals surface area contributed by atoms with Gasteiger partial charge in [0, 0.05) is 17.0 Å². The Balaban J connectivity index is 2.07. The molecular formula is C14H13ClOS. The van der Waals surface area contributed by atoms with Gasteiger partial charge in [-0.25, -0.2) is 0 Å². The van der Waals surface area contributed by atoms with E-state index in [4.69, 9.17) is 11.6 Å².